The SMILES string of the molecule is C#CCOc1ccc(Cl)cc1CNCCCCCO. The predicted molar refractivity (Wildman–Crippen MR) is 78.4 cm³/mol. The van der Waals surface area contributed by atoms with Crippen molar-refractivity contribution in [1.82, 2.24) is 5.32 Å². The highest BCUT2D eigenvalue weighted by Gasteiger charge is 2.04. The van der Waals surface area contributed by atoms with Gasteiger partial charge in [0.05, 0.1) is 0 Å². The summed E-state index contributed by atoms with van der Waals surface area (Å²) in [5, 5.41) is 12.7. The predicted octanol–water partition coefficient (Wildman–Crippen LogP) is 2.60. The van der Waals surface area contributed by atoms with Crippen molar-refractivity contribution in [2.75, 3.05) is 19.8 Å². The van der Waals surface area contributed by atoms with Crippen LogP contribution in [-0.2, 0) is 6.54 Å². The van der Waals surface area contributed by atoms with Crippen molar-refractivity contribution in [1.29, 1.82) is 0 Å². The van der Waals surface area contributed by atoms with E-state index in [2.05, 4.69) is 11.2 Å². The summed E-state index contributed by atoms with van der Waals surface area (Å²) in [5.41, 5.74) is 1.00. The molecule has 0 saturated heterocycles. The summed E-state index contributed by atoms with van der Waals surface area (Å²) in [6.45, 7) is 2.12. The number of unbranched alkanes of at least 4 members (excludes halogenated alkanes) is 2. The minimum Gasteiger partial charge on any atom is -0.481 e. The van der Waals surface area contributed by atoms with Gasteiger partial charge in [0.2, 0.25) is 0 Å². The van der Waals surface area contributed by atoms with E-state index >= 15 is 0 Å². The van der Waals surface area contributed by atoms with Crippen LogP contribution >= 0.6 is 11.6 Å². The summed E-state index contributed by atoms with van der Waals surface area (Å²) in [6.07, 6.45) is 8.11. The van der Waals surface area contributed by atoms with Crippen LogP contribution in [0.5, 0.6) is 5.75 Å². The molecule has 4 heteroatoms. The molecular formula is C15H20ClNO2. The van der Waals surface area contributed by atoms with Gasteiger partial charge >= 0.3 is 0 Å². The van der Waals surface area contributed by atoms with Crippen molar-refractivity contribution in [3.63, 3.8) is 0 Å². The van der Waals surface area contributed by atoms with E-state index in [1.54, 1.807) is 6.07 Å². The molecule has 1 aromatic carbocycles. The maximum Gasteiger partial charge on any atom is 0.148 e. The zero-order valence-corrected chi connectivity index (χ0v) is 11.7. The molecule has 0 fully saturated rings. The van der Waals surface area contributed by atoms with E-state index in [1.807, 2.05) is 12.1 Å². The molecule has 2 N–H and O–H groups in total. The lowest BCUT2D eigenvalue weighted by Crippen LogP contribution is -2.15. The number of ether oxygens (including phenoxy) is 1. The fourth-order valence-corrected chi connectivity index (χ4v) is 1.90. The summed E-state index contributed by atoms with van der Waals surface area (Å²) < 4.78 is 5.47. The van der Waals surface area contributed by atoms with E-state index in [9.17, 15) is 0 Å². The number of aliphatic hydroxyl groups is 1. The summed E-state index contributed by atoms with van der Waals surface area (Å²) in [5.74, 6) is 3.22. The third-order valence-electron chi connectivity index (χ3n) is 2.66. The largest absolute Gasteiger partial charge is 0.481 e. The summed E-state index contributed by atoms with van der Waals surface area (Å²) >= 11 is 5.98. The van der Waals surface area contributed by atoms with Gasteiger partial charge in [-0.15, -0.1) is 6.42 Å². The second-order valence-electron chi connectivity index (χ2n) is 4.21. The first kappa shape index (κ1) is 15.8. The number of benzene rings is 1. The molecule has 0 aliphatic carbocycles. The molecule has 0 heterocycles. The van der Waals surface area contributed by atoms with Crippen LogP contribution in [0.1, 0.15) is 24.8 Å². The molecule has 0 aromatic heterocycles. The highest BCUT2D eigenvalue weighted by molar-refractivity contribution is 6.30. The molecule has 0 spiro atoms. The van der Waals surface area contributed by atoms with E-state index in [0.717, 1.165) is 37.1 Å². The van der Waals surface area contributed by atoms with E-state index in [0.29, 0.717) is 11.6 Å². The highest BCUT2D eigenvalue weighted by Crippen LogP contribution is 2.22. The Kier molecular flexibility index (Phi) is 8.08. The van der Waals surface area contributed by atoms with Crippen molar-refractivity contribution in [2.45, 2.75) is 25.8 Å². The van der Waals surface area contributed by atoms with Crippen LogP contribution in [-0.4, -0.2) is 24.9 Å². The number of halogens is 1. The van der Waals surface area contributed by atoms with Crippen molar-refractivity contribution in [3.05, 3.63) is 28.8 Å². The molecule has 0 unspecified atom stereocenters. The smallest absolute Gasteiger partial charge is 0.148 e. The first-order chi connectivity index (χ1) is 9.27. The van der Waals surface area contributed by atoms with Gasteiger partial charge in [-0.3, -0.25) is 0 Å². The third-order valence-corrected chi connectivity index (χ3v) is 2.90. The van der Waals surface area contributed by atoms with Crippen molar-refractivity contribution >= 4 is 11.6 Å². The fourth-order valence-electron chi connectivity index (χ4n) is 1.71. The monoisotopic (exact) mass is 281 g/mol. The van der Waals surface area contributed by atoms with Crippen LogP contribution in [0.3, 0.4) is 0 Å². The molecule has 1 rings (SSSR count). The Labute approximate surface area is 119 Å². The molecule has 0 saturated carbocycles. The second kappa shape index (κ2) is 9.69. The quantitative estimate of drug-likeness (QED) is 0.540. The van der Waals surface area contributed by atoms with Crippen molar-refractivity contribution in [3.8, 4) is 18.1 Å². The Morgan fingerprint density at radius 1 is 1.32 bits per heavy atom. The zero-order valence-electron chi connectivity index (χ0n) is 11.0. The van der Waals surface area contributed by atoms with Gasteiger partial charge in [0.15, 0.2) is 0 Å². The van der Waals surface area contributed by atoms with Crippen molar-refractivity contribution in [2.24, 2.45) is 0 Å². The van der Waals surface area contributed by atoms with Gasteiger partial charge < -0.3 is 15.2 Å². The maximum atomic E-state index is 8.68. The minimum absolute atomic E-state index is 0.255. The average Bonchev–Trinajstić information content (AvgIpc) is 2.42. The van der Waals surface area contributed by atoms with Crippen LogP contribution < -0.4 is 10.1 Å². The van der Waals surface area contributed by atoms with Crippen LogP contribution in [0.4, 0.5) is 0 Å². The first-order valence-electron chi connectivity index (χ1n) is 6.44. The standard InChI is InChI=1S/C15H20ClNO2/c1-2-10-19-15-7-6-14(16)11-13(15)12-17-8-4-3-5-9-18/h1,6-7,11,17-18H,3-5,8-10,12H2. The lowest BCUT2D eigenvalue weighted by molar-refractivity contribution is 0.283. The Morgan fingerprint density at radius 2 is 2.16 bits per heavy atom. The third kappa shape index (κ3) is 6.49. The number of terminal acetylenes is 1. The summed E-state index contributed by atoms with van der Waals surface area (Å²) in [6, 6.07) is 5.51. The Hall–Kier alpha value is -1.21. The fraction of sp³-hybridized carbons (Fsp3) is 0.467. The van der Waals surface area contributed by atoms with Gasteiger partial charge in [0, 0.05) is 23.7 Å². The average molecular weight is 282 g/mol. The van der Waals surface area contributed by atoms with E-state index in [-0.39, 0.29) is 13.2 Å². The molecule has 19 heavy (non-hydrogen) atoms. The molecule has 0 radical (unpaired) electrons. The number of hydrogen-bond acceptors (Lipinski definition) is 3. The molecule has 104 valence electrons. The molecule has 0 aliphatic rings. The number of hydrogen-bond donors (Lipinski definition) is 2. The van der Waals surface area contributed by atoms with Crippen molar-refractivity contribution < 1.29 is 9.84 Å². The molecule has 0 aliphatic heterocycles. The molecule has 0 atom stereocenters. The van der Waals surface area contributed by atoms with Gasteiger partial charge in [-0.2, -0.15) is 0 Å². The maximum absolute atomic E-state index is 8.68. The number of nitrogens with one attached hydrogen (secondary N) is 1. The van der Waals surface area contributed by atoms with Crippen LogP contribution in [0.25, 0.3) is 0 Å². The lowest BCUT2D eigenvalue weighted by atomic mass is 10.2. The van der Waals surface area contributed by atoms with Crippen LogP contribution in [0.15, 0.2) is 18.2 Å². The van der Waals surface area contributed by atoms with E-state index < -0.39 is 0 Å². The van der Waals surface area contributed by atoms with Crippen LogP contribution in [0.2, 0.25) is 5.02 Å². The molecule has 0 bridgehead atoms. The van der Waals surface area contributed by atoms with Gasteiger partial charge in [0.1, 0.15) is 12.4 Å². The van der Waals surface area contributed by atoms with Crippen LogP contribution in [0, 0.1) is 12.3 Å². The first-order valence-corrected chi connectivity index (χ1v) is 6.82. The molecular weight excluding hydrogens is 262 g/mol. The summed E-state index contributed by atoms with van der Waals surface area (Å²) in [7, 11) is 0. The Morgan fingerprint density at radius 3 is 2.89 bits per heavy atom. The van der Waals surface area contributed by atoms with E-state index in [1.165, 1.54) is 0 Å². The molecule has 1 aromatic rings. The Balaban J connectivity index is 2.42. The highest BCUT2D eigenvalue weighted by atomic mass is 35.5. The van der Waals surface area contributed by atoms with E-state index in [4.69, 9.17) is 27.9 Å². The number of rotatable bonds is 9. The van der Waals surface area contributed by atoms with Gasteiger partial charge in [-0.1, -0.05) is 17.5 Å². The van der Waals surface area contributed by atoms with Gasteiger partial charge in [-0.25, -0.2) is 0 Å². The zero-order chi connectivity index (χ0) is 13.9. The minimum atomic E-state index is 0.255. The lowest BCUT2D eigenvalue weighted by Gasteiger charge is -2.11. The second-order valence-corrected chi connectivity index (χ2v) is 4.64. The molecule has 3 nitrogen and oxygen atoms in total. The molecule has 0 amide bonds. The summed E-state index contributed by atoms with van der Waals surface area (Å²) in [4.78, 5) is 0. The topological polar surface area (TPSA) is 41.5 Å². The van der Waals surface area contributed by atoms with Gasteiger partial charge in [0.25, 0.3) is 0 Å². The number of aliphatic hydroxyl groups excluding tert-OH is 1. The van der Waals surface area contributed by atoms with Gasteiger partial charge in [-0.05, 0) is 44.0 Å². The Bertz CT molecular complexity index is 415. The normalized spacial score (nSPS) is 10.2.